The van der Waals surface area contributed by atoms with Crippen LogP contribution in [0.25, 0.3) is 16.5 Å². The summed E-state index contributed by atoms with van der Waals surface area (Å²) in [6.45, 7) is 2.23. The first-order valence-corrected chi connectivity index (χ1v) is 10.8. The zero-order valence-corrected chi connectivity index (χ0v) is 17.4. The fourth-order valence-corrected chi connectivity index (χ4v) is 4.73. The van der Waals surface area contributed by atoms with Crippen LogP contribution in [0, 0.1) is 0 Å². The number of halogens is 1. The van der Waals surface area contributed by atoms with Gasteiger partial charge in [0.2, 0.25) is 0 Å². The van der Waals surface area contributed by atoms with Gasteiger partial charge in [-0.1, -0.05) is 36.2 Å². The van der Waals surface area contributed by atoms with E-state index in [0.29, 0.717) is 22.5 Å². The molecule has 2 aromatic carbocycles. The molecule has 1 unspecified atom stereocenters. The molecule has 1 fully saturated rings. The van der Waals surface area contributed by atoms with Crippen LogP contribution in [0.1, 0.15) is 31.2 Å². The molecule has 0 aliphatic carbocycles. The number of hydrogen-bond donors (Lipinski definition) is 2. The van der Waals surface area contributed by atoms with Crippen LogP contribution in [-0.4, -0.2) is 35.1 Å². The molecule has 3 heterocycles. The lowest BCUT2D eigenvalue weighted by atomic mass is 9.89. The van der Waals surface area contributed by atoms with Gasteiger partial charge >= 0.3 is 6.09 Å². The first kappa shape index (κ1) is 19.2. The number of nitrogens with zero attached hydrogens (tertiary/aromatic N) is 1. The molecule has 0 spiro atoms. The maximum atomic E-state index is 12.3. The average Bonchev–Trinajstić information content (AvgIpc) is 3.18. The Kier molecular flexibility index (Phi) is 5.23. The van der Waals surface area contributed by atoms with E-state index in [0.717, 1.165) is 23.9 Å². The number of carbonyl (C=O) groups excluding carboxylic acids is 1. The van der Waals surface area contributed by atoms with Gasteiger partial charge in [0.05, 0.1) is 5.02 Å². The number of aromatic nitrogens is 1. The Morgan fingerprint density at radius 1 is 1.20 bits per heavy atom. The third-order valence-electron chi connectivity index (χ3n) is 6.09. The van der Waals surface area contributed by atoms with Crippen molar-refractivity contribution in [1.82, 2.24) is 9.88 Å². The van der Waals surface area contributed by atoms with Crippen LogP contribution in [0.15, 0.2) is 54.7 Å². The van der Waals surface area contributed by atoms with Gasteiger partial charge in [-0.05, 0) is 61.7 Å². The lowest BCUT2D eigenvalue weighted by Gasteiger charge is -2.38. The predicted molar refractivity (Wildman–Crippen MR) is 121 cm³/mol. The molecule has 154 valence electrons. The summed E-state index contributed by atoms with van der Waals surface area (Å²) in [5.41, 5.74) is 4.36. The summed E-state index contributed by atoms with van der Waals surface area (Å²) >= 11 is 6.07. The Morgan fingerprint density at radius 3 is 3.00 bits per heavy atom. The molecule has 1 saturated heterocycles. The molecule has 5 rings (SSSR count). The molecular weight excluding hydrogens is 398 g/mol. The second kappa shape index (κ2) is 8.17. The fourth-order valence-electron chi connectivity index (χ4n) is 4.55. The molecule has 2 aliphatic rings. The van der Waals surface area contributed by atoms with E-state index in [-0.39, 0.29) is 0 Å². The van der Waals surface area contributed by atoms with Gasteiger partial charge in [-0.15, -0.1) is 0 Å². The molecule has 0 saturated carbocycles. The minimum atomic E-state index is -0.561. The monoisotopic (exact) mass is 421 g/mol. The molecule has 6 heteroatoms. The van der Waals surface area contributed by atoms with Crippen molar-refractivity contribution < 1.29 is 9.53 Å². The lowest BCUT2D eigenvalue weighted by Crippen LogP contribution is -2.41. The van der Waals surface area contributed by atoms with Crippen molar-refractivity contribution in [3.63, 3.8) is 0 Å². The summed E-state index contributed by atoms with van der Waals surface area (Å²) in [6, 6.07) is 13.4. The lowest BCUT2D eigenvalue weighted by molar-refractivity contribution is 0.161. The van der Waals surface area contributed by atoms with Crippen molar-refractivity contribution in [3.05, 3.63) is 65.3 Å². The van der Waals surface area contributed by atoms with E-state index in [1.807, 2.05) is 18.2 Å². The van der Waals surface area contributed by atoms with Gasteiger partial charge in [-0.3, -0.25) is 10.2 Å². The summed E-state index contributed by atoms with van der Waals surface area (Å²) in [7, 11) is 0. The number of benzene rings is 2. The number of para-hydroxylation sites is 1. The smallest absolute Gasteiger partial charge is 0.409 e. The predicted octanol–water partition coefficient (Wildman–Crippen LogP) is 6.07. The summed E-state index contributed by atoms with van der Waals surface area (Å²) in [6.07, 6.45) is 8.88. The van der Waals surface area contributed by atoms with E-state index >= 15 is 0 Å². The Labute approximate surface area is 180 Å². The number of rotatable bonds is 3. The van der Waals surface area contributed by atoms with Crippen molar-refractivity contribution in [2.24, 2.45) is 0 Å². The SMILES string of the molecule is O=C(Nc1ccc2[nH]cc(C3=CCN4CCCCC4C3)c2c1)Oc1ccccc1Cl. The van der Waals surface area contributed by atoms with E-state index in [9.17, 15) is 4.79 Å². The molecule has 3 aromatic rings. The van der Waals surface area contributed by atoms with Gasteiger partial charge in [0, 0.05) is 40.9 Å². The van der Waals surface area contributed by atoms with Crippen molar-refractivity contribution in [2.45, 2.75) is 31.7 Å². The minimum absolute atomic E-state index is 0.337. The van der Waals surface area contributed by atoms with Crippen LogP contribution < -0.4 is 10.1 Å². The summed E-state index contributed by atoms with van der Waals surface area (Å²) in [5.74, 6) is 0.337. The highest BCUT2D eigenvalue weighted by Gasteiger charge is 2.27. The maximum Gasteiger partial charge on any atom is 0.417 e. The van der Waals surface area contributed by atoms with Gasteiger partial charge in [0.15, 0.2) is 5.75 Å². The molecular formula is C24H24ClN3O2. The molecule has 0 bridgehead atoms. The summed E-state index contributed by atoms with van der Waals surface area (Å²) in [4.78, 5) is 18.3. The Balaban J connectivity index is 1.36. The van der Waals surface area contributed by atoms with E-state index in [1.165, 1.54) is 36.9 Å². The van der Waals surface area contributed by atoms with E-state index < -0.39 is 6.09 Å². The number of amides is 1. The Bertz CT molecular complexity index is 1120. The molecule has 0 radical (unpaired) electrons. The van der Waals surface area contributed by atoms with Crippen LogP contribution in [0.3, 0.4) is 0 Å². The van der Waals surface area contributed by atoms with Crippen LogP contribution in [-0.2, 0) is 0 Å². The number of aromatic amines is 1. The van der Waals surface area contributed by atoms with Crippen molar-refractivity contribution in [2.75, 3.05) is 18.4 Å². The van der Waals surface area contributed by atoms with Crippen LogP contribution in [0.4, 0.5) is 10.5 Å². The molecule has 5 nitrogen and oxygen atoms in total. The number of anilines is 1. The third-order valence-corrected chi connectivity index (χ3v) is 6.40. The number of nitrogens with one attached hydrogen (secondary N) is 2. The quantitative estimate of drug-likeness (QED) is 0.539. The zero-order valence-electron chi connectivity index (χ0n) is 16.7. The van der Waals surface area contributed by atoms with Gasteiger partial charge < -0.3 is 9.72 Å². The molecule has 1 atom stereocenters. The zero-order chi connectivity index (χ0) is 20.5. The van der Waals surface area contributed by atoms with Gasteiger partial charge in [0.25, 0.3) is 0 Å². The van der Waals surface area contributed by atoms with Gasteiger partial charge in [-0.25, -0.2) is 4.79 Å². The number of carbonyl (C=O) groups is 1. The number of ether oxygens (including phenoxy) is 1. The minimum Gasteiger partial charge on any atom is -0.409 e. The maximum absolute atomic E-state index is 12.3. The molecule has 2 aliphatic heterocycles. The first-order valence-electron chi connectivity index (χ1n) is 10.5. The van der Waals surface area contributed by atoms with Gasteiger partial charge in [-0.2, -0.15) is 0 Å². The van der Waals surface area contributed by atoms with Crippen molar-refractivity contribution >= 4 is 39.9 Å². The Morgan fingerprint density at radius 2 is 2.10 bits per heavy atom. The molecule has 30 heavy (non-hydrogen) atoms. The van der Waals surface area contributed by atoms with E-state index in [1.54, 1.807) is 24.3 Å². The second-order valence-corrected chi connectivity index (χ2v) is 8.39. The highest BCUT2D eigenvalue weighted by molar-refractivity contribution is 6.32. The second-order valence-electron chi connectivity index (χ2n) is 7.99. The number of piperidine rings is 1. The molecule has 1 aromatic heterocycles. The summed E-state index contributed by atoms with van der Waals surface area (Å²) in [5, 5.41) is 4.33. The van der Waals surface area contributed by atoms with Crippen LogP contribution in [0.5, 0.6) is 5.75 Å². The normalized spacial score (nSPS) is 19.2. The summed E-state index contributed by atoms with van der Waals surface area (Å²) < 4.78 is 5.34. The Hall–Kier alpha value is -2.76. The fraction of sp³-hybridized carbons (Fsp3) is 0.292. The molecule has 1 amide bonds. The average molecular weight is 422 g/mol. The first-order chi connectivity index (χ1) is 14.7. The van der Waals surface area contributed by atoms with Gasteiger partial charge in [0.1, 0.15) is 0 Å². The van der Waals surface area contributed by atoms with Crippen LogP contribution >= 0.6 is 11.6 Å². The van der Waals surface area contributed by atoms with Crippen molar-refractivity contribution in [3.8, 4) is 5.75 Å². The highest BCUT2D eigenvalue weighted by Crippen LogP contribution is 2.35. The standard InChI is InChI=1S/C24H24ClN3O2/c25-21-6-1-2-7-23(21)30-24(29)27-17-8-9-22-19(14-17)20(15-26-22)16-10-12-28-11-4-3-5-18(28)13-16/h1-2,6-10,14-15,18,26H,3-5,11-13H2,(H,27,29). The topological polar surface area (TPSA) is 57.4 Å². The van der Waals surface area contributed by atoms with Crippen LogP contribution in [0.2, 0.25) is 5.02 Å². The highest BCUT2D eigenvalue weighted by atomic mass is 35.5. The van der Waals surface area contributed by atoms with Crippen molar-refractivity contribution in [1.29, 1.82) is 0 Å². The number of H-pyrrole nitrogens is 1. The third kappa shape index (κ3) is 3.83. The van der Waals surface area contributed by atoms with E-state index in [4.69, 9.17) is 16.3 Å². The number of fused-ring (bicyclic) bond motifs is 2. The van der Waals surface area contributed by atoms with E-state index in [2.05, 4.69) is 27.5 Å². The number of hydrogen-bond acceptors (Lipinski definition) is 3. The largest absolute Gasteiger partial charge is 0.417 e. The molecule has 2 N–H and O–H groups in total.